The molecule has 0 N–H and O–H groups in total. The largest absolute Gasteiger partial charge is 0.295 e. The molecule has 0 spiro atoms. The van der Waals surface area contributed by atoms with E-state index in [-0.39, 0.29) is 12.2 Å². The van der Waals surface area contributed by atoms with Crippen LogP contribution in [-0.4, -0.2) is 11.7 Å². The molecule has 2 rings (SSSR count). The first-order valence-electron chi connectivity index (χ1n) is 5.49. The molecule has 3 heteroatoms. The molecule has 0 aromatic heterocycles. The van der Waals surface area contributed by atoms with Crippen molar-refractivity contribution in [3.63, 3.8) is 0 Å². The summed E-state index contributed by atoms with van der Waals surface area (Å²) in [6, 6.07) is 6.64. The van der Waals surface area contributed by atoms with E-state index < -0.39 is 11.8 Å². The number of rotatable bonds is 2. The summed E-state index contributed by atoms with van der Waals surface area (Å²) in [4.78, 5) is 11.2. The minimum Gasteiger partial charge on any atom is -0.295 e. The molecular weight excluding hydrogens is 210 g/mol. The quantitative estimate of drug-likeness (QED) is 0.698. The average molecular weight is 224 g/mol. The number of carbonyl (C=O) groups is 1. The third-order valence-corrected chi connectivity index (χ3v) is 3.21. The third-order valence-electron chi connectivity index (χ3n) is 3.21. The lowest BCUT2D eigenvalue weighted by atomic mass is 9.93. The SMILES string of the molecule is CC(=O)c1cccc(C2CCCC2(F)F)c1. The van der Waals surface area contributed by atoms with Gasteiger partial charge in [-0.25, -0.2) is 8.78 Å². The second kappa shape index (κ2) is 3.96. The van der Waals surface area contributed by atoms with Crippen LogP contribution in [0.3, 0.4) is 0 Å². The summed E-state index contributed by atoms with van der Waals surface area (Å²) in [5.74, 6) is -3.41. The summed E-state index contributed by atoms with van der Waals surface area (Å²) in [7, 11) is 0. The zero-order valence-electron chi connectivity index (χ0n) is 9.17. The first-order valence-corrected chi connectivity index (χ1v) is 5.49. The Morgan fingerprint density at radius 2 is 2.19 bits per heavy atom. The van der Waals surface area contributed by atoms with E-state index in [1.54, 1.807) is 24.3 Å². The highest BCUT2D eigenvalue weighted by molar-refractivity contribution is 5.94. The Hall–Kier alpha value is -1.25. The molecule has 0 bridgehead atoms. The predicted molar refractivity (Wildman–Crippen MR) is 58.0 cm³/mol. The van der Waals surface area contributed by atoms with Crippen LogP contribution in [0.4, 0.5) is 8.78 Å². The molecule has 1 fully saturated rings. The van der Waals surface area contributed by atoms with Gasteiger partial charge in [-0.3, -0.25) is 4.79 Å². The minimum atomic E-state index is -2.62. The fraction of sp³-hybridized carbons (Fsp3) is 0.462. The van der Waals surface area contributed by atoms with Gasteiger partial charge in [0.1, 0.15) is 0 Å². The van der Waals surface area contributed by atoms with Crippen LogP contribution < -0.4 is 0 Å². The average Bonchev–Trinajstić information content (AvgIpc) is 2.58. The minimum absolute atomic E-state index is 0.0397. The molecule has 1 unspecified atom stereocenters. The fourth-order valence-corrected chi connectivity index (χ4v) is 2.31. The molecule has 0 aliphatic heterocycles. The van der Waals surface area contributed by atoms with Gasteiger partial charge in [-0.05, 0) is 31.4 Å². The van der Waals surface area contributed by atoms with Gasteiger partial charge in [0.15, 0.2) is 5.78 Å². The van der Waals surface area contributed by atoms with Crippen molar-refractivity contribution < 1.29 is 13.6 Å². The molecule has 0 amide bonds. The van der Waals surface area contributed by atoms with Gasteiger partial charge in [0.25, 0.3) is 5.92 Å². The summed E-state index contributed by atoms with van der Waals surface area (Å²) >= 11 is 0. The van der Waals surface area contributed by atoms with Crippen LogP contribution >= 0.6 is 0 Å². The molecule has 1 atom stereocenters. The normalized spacial score (nSPS) is 23.3. The summed E-state index contributed by atoms with van der Waals surface area (Å²) in [6.45, 7) is 1.45. The lowest BCUT2D eigenvalue weighted by molar-refractivity contribution is -0.00898. The summed E-state index contributed by atoms with van der Waals surface area (Å²) in [6.07, 6.45) is 1.03. The summed E-state index contributed by atoms with van der Waals surface area (Å²) < 4.78 is 27.1. The van der Waals surface area contributed by atoms with Gasteiger partial charge < -0.3 is 0 Å². The van der Waals surface area contributed by atoms with Crippen LogP contribution in [-0.2, 0) is 0 Å². The maximum absolute atomic E-state index is 13.5. The van der Waals surface area contributed by atoms with Gasteiger partial charge in [0, 0.05) is 17.9 Å². The van der Waals surface area contributed by atoms with E-state index in [1.165, 1.54) is 6.92 Å². The van der Waals surface area contributed by atoms with Crippen LogP contribution in [0, 0.1) is 0 Å². The predicted octanol–water partition coefficient (Wildman–Crippen LogP) is 3.79. The van der Waals surface area contributed by atoms with Crippen molar-refractivity contribution in [2.45, 2.75) is 38.0 Å². The lowest BCUT2D eigenvalue weighted by Crippen LogP contribution is -2.19. The monoisotopic (exact) mass is 224 g/mol. The Morgan fingerprint density at radius 1 is 1.44 bits per heavy atom. The second-order valence-corrected chi connectivity index (χ2v) is 4.39. The van der Waals surface area contributed by atoms with E-state index in [4.69, 9.17) is 0 Å². The van der Waals surface area contributed by atoms with Crippen LogP contribution in [0.2, 0.25) is 0 Å². The molecule has 86 valence electrons. The standard InChI is InChI=1S/C13H14F2O/c1-9(16)10-4-2-5-11(8-10)12-6-3-7-13(12,14)15/h2,4-5,8,12H,3,6-7H2,1H3. The van der Waals surface area contributed by atoms with Crippen LogP contribution in [0.15, 0.2) is 24.3 Å². The number of hydrogen-bond donors (Lipinski definition) is 0. The Morgan fingerprint density at radius 3 is 2.75 bits per heavy atom. The van der Waals surface area contributed by atoms with E-state index in [0.717, 1.165) is 0 Å². The number of Topliss-reactive ketones (excluding diaryl/α,β-unsaturated/α-hetero) is 1. The molecule has 1 aromatic rings. The number of benzene rings is 1. The van der Waals surface area contributed by atoms with Crippen LogP contribution in [0.1, 0.15) is 48.0 Å². The van der Waals surface area contributed by atoms with Gasteiger partial charge in [-0.1, -0.05) is 18.2 Å². The van der Waals surface area contributed by atoms with E-state index in [1.807, 2.05) is 0 Å². The Bertz CT molecular complexity index is 412. The molecule has 16 heavy (non-hydrogen) atoms. The van der Waals surface area contributed by atoms with E-state index in [0.29, 0.717) is 24.0 Å². The van der Waals surface area contributed by atoms with Gasteiger partial charge in [0.2, 0.25) is 0 Å². The molecular formula is C13H14F2O. The van der Waals surface area contributed by atoms with Crippen LogP contribution in [0.5, 0.6) is 0 Å². The number of hydrogen-bond acceptors (Lipinski definition) is 1. The van der Waals surface area contributed by atoms with Crippen molar-refractivity contribution in [2.75, 3.05) is 0 Å². The Balaban J connectivity index is 2.34. The molecule has 1 aromatic carbocycles. The lowest BCUT2D eigenvalue weighted by Gasteiger charge is -2.19. The maximum Gasteiger partial charge on any atom is 0.254 e. The summed E-state index contributed by atoms with van der Waals surface area (Å²) in [5, 5.41) is 0. The molecule has 0 radical (unpaired) electrons. The molecule has 0 saturated heterocycles. The number of ketones is 1. The zero-order chi connectivity index (χ0) is 11.8. The molecule has 1 saturated carbocycles. The van der Waals surface area contributed by atoms with Gasteiger partial charge >= 0.3 is 0 Å². The second-order valence-electron chi connectivity index (χ2n) is 4.39. The number of halogens is 2. The van der Waals surface area contributed by atoms with E-state index in [9.17, 15) is 13.6 Å². The molecule has 0 heterocycles. The topological polar surface area (TPSA) is 17.1 Å². The molecule has 1 aliphatic rings. The van der Waals surface area contributed by atoms with Crippen molar-refractivity contribution in [3.8, 4) is 0 Å². The number of alkyl halides is 2. The first kappa shape index (κ1) is 11.2. The summed E-state index contributed by atoms with van der Waals surface area (Å²) in [5.41, 5.74) is 1.11. The van der Waals surface area contributed by atoms with Gasteiger partial charge in [0.05, 0.1) is 0 Å². The Labute approximate surface area is 93.5 Å². The van der Waals surface area contributed by atoms with E-state index >= 15 is 0 Å². The van der Waals surface area contributed by atoms with Gasteiger partial charge in [-0.15, -0.1) is 0 Å². The molecule has 1 aliphatic carbocycles. The van der Waals surface area contributed by atoms with Crippen LogP contribution in [0.25, 0.3) is 0 Å². The molecule has 1 nitrogen and oxygen atoms in total. The van der Waals surface area contributed by atoms with Crippen molar-refractivity contribution in [1.82, 2.24) is 0 Å². The third kappa shape index (κ3) is 1.99. The van der Waals surface area contributed by atoms with Crippen molar-refractivity contribution in [2.24, 2.45) is 0 Å². The maximum atomic E-state index is 13.5. The smallest absolute Gasteiger partial charge is 0.254 e. The zero-order valence-corrected chi connectivity index (χ0v) is 9.17. The first-order chi connectivity index (χ1) is 7.50. The highest BCUT2D eigenvalue weighted by atomic mass is 19.3. The van der Waals surface area contributed by atoms with E-state index in [2.05, 4.69) is 0 Å². The highest BCUT2D eigenvalue weighted by Crippen LogP contribution is 2.46. The fourth-order valence-electron chi connectivity index (χ4n) is 2.31. The van der Waals surface area contributed by atoms with Crippen molar-refractivity contribution in [3.05, 3.63) is 35.4 Å². The highest BCUT2D eigenvalue weighted by Gasteiger charge is 2.44. The number of carbonyl (C=O) groups excluding carboxylic acids is 1. The Kier molecular flexibility index (Phi) is 2.78. The van der Waals surface area contributed by atoms with Crippen molar-refractivity contribution >= 4 is 5.78 Å². The van der Waals surface area contributed by atoms with Crippen molar-refractivity contribution in [1.29, 1.82) is 0 Å². The van der Waals surface area contributed by atoms with Gasteiger partial charge in [-0.2, -0.15) is 0 Å².